The third-order valence-corrected chi connectivity index (χ3v) is 4.54. The molecule has 0 saturated heterocycles. The molecule has 0 aliphatic carbocycles. The molecule has 0 amide bonds. The van der Waals surface area contributed by atoms with Gasteiger partial charge in [-0.1, -0.05) is 44.2 Å². The van der Waals surface area contributed by atoms with Gasteiger partial charge in [0.15, 0.2) is 5.78 Å². The predicted octanol–water partition coefficient (Wildman–Crippen LogP) is 2.73. The van der Waals surface area contributed by atoms with Crippen molar-refractivity contribution in [2.75, 3.05) is 6.61 Å². The van der Waals surface area contributed by atoms with Crippen LogP contribution in [0.1, 0.15) is 47.0 Å². The van der Waals surface area contributed by atoms with Crippen LogP contribution in [0.15, 0.2) is 36.0 Å². The minimum Gasteiger partial charge on any atom is -0.457 e. The van der Waals surface area contributed by atoms with E-state index in [2.05, 4.69) is 6.58 Å². The second-order valence-corrected chi connectivity index (χ2v) is 6.97. The second-order valence-electron chi connectivity index (χ2n) is 6.97. The average molecular weight is 350 g/mol. The molecule has 1 aliphatic rings. The van der Waals surface area contributed by atoms with Crippen molar-refractivity contribution in [2.45, 2.75) is 58.7 Å². The number of ether oxygens (including phenoxy) is 1. The maximum absolute atomic E-state index is 12.5. The topological polar surface area (TPSA) is 83.8 Å². The Bertz CT molecular complexity index is 575. The third kappa shape index (κ3) is 5.65. The zero-order valence-electron chi connectivity index (χ0n) is 15.6. The van der Waals surface area contributed by atoms with Crippen LogP contribution in [0.25, 0.3) is 0 Å². The van der Waals surface area contributed by atoms with Crippen LogP contribution in [0.4, 0.5) is 0 Å². The molecular weight excluding hydrogens is 320 g/mol. The first kappa shape index (κ1) is 21.3. The highest BCUT2D eigenvalue weighted by Crippen LogP contribution is 2.23. The number of hydrogen-bond acceptors (Lipinski definition) is 5. The van der Waals surface area contributed by atoms with Crippen molar-refractivity contribution >= 4 is 11.8 Å². The molecule has 0 bridgehead atoms. The SMILES string of the molecule is C=C1/C=C(\C)[C@H](CC)OC(=O)[C@H](C)C(=O)C(O)(CO)C/C=C/[C@@H](C)C1. The molecule has 0 aromatic rings. The molecule has 25 heavy (non-hydrogen) atoms. The van der Waals surface area contributed by atoms with Gasteiger partial charge in [-0.25, -0.2) is 0 Å². The van der Waals surface area contributed by atoms with E-state index >= 15 is 0 Å². The molecule has 1 aliphatic heterocycles. The van der Waals surface area contributed by atoms with E-state index in [0.29, 0.717) is 12.8 Å². The van der Waals surface area contributed by atoms with E-state index in [1.807, 2.05) is 32.9 Å². The van der Waals surface area contributed by atoms with Gasteiger partial charge in [0.2, 0.25) is 0 Å². The Morgan fingerprint density at radius 3 is 2.56 bits per heavy atom. The first-order chi connectivity index (χ1) is 11.6. The zero-order chi connectivity index (χ0) is 19.2. The molecule has 4 atom stereocenters. The summed E-state index contributed by atoms with van der Waals surface area (Å²) < 4.78 is 5.47. The molecule has 0 fully saturated rings. The lowest BCUT2D eigenvalue weighted by atomic mass is 9.86. The highest BCUT2D eigenvalue weighted by Gasteiger charge is 2.41. The Balaban J connectivity index is 3.23. The number of aliphatic hydroxyl groups is 2. The molecule has 0 saturated carbocycles. The number of hydrogen-bond donors (Lipinski definition) is 2. The highest BCUT2D eigenvalue weighted by molar-refractivity contribution is 6.03. The van der Waals surface area contributed by atoms with Crippen LogP contribution in [0.5, 0.6) is 0 Å². The van der Waals surface area contributed by atoms with Crippen LogP contribution < -0.4 is 0 Å². The Kier molecular flexibility index (Phi) is 7.77. The Hall–Kier alpha value is -1.72. The summed E-state index contributed by atoms with van der Waals surface area (Å²) in [4.78, 5) is 24.9. The smallest absolute Gasteiger partial charge is 0.316 e. The highest BCUT2D eigenvalue weighted by atomic mass is 16.5. The van der Waals surface area contributed by atoms with Gasteiger partial charge in [0.1, 0.15) is 17.6 Å². The van der Waals surface area contributed by atoms with E-state index in [0.717, 1.165) is 11.1 Å². The summed E-state index contributed by atoms with van der Waals surface area (Å²) in [5, 5.41) is 20.0. The minimum absolute atomic E-state index is 0.0527. The van der Waals surface area contributed by atoms with E-state index in [4.69, 9.17) is 4.74 Å². The van der Waals surface area contributed by atoms with Crippen LogP contribution in [0, 0.1) is 11.8 Å². The minimum atomic E-state index is -1.98. The van der Waals surface area contributed by atoms with Gasteiger partial charge in [-0.3, -0.25) is 9.59 Å². The van der Waals surface area contributed by atoms with Gasteiger partial charge in [-0.05, 0) is 38.2 Å². The van der Waals surface area contributed by atoms with Gasteiger partial charge in [0.05, 0.1) is 6.61 Å². The van der Waals surface area contributed by atoms with Gasteiger partial charge in [-0.15, -0.1) is 0 Å². The van der Waals surface area contributed by atoms with Gasteiger partial charge in [0, 0.05) is 6.42 Å². The fourth-order valence-corrected chi connectivity index (χ4v) is 2.94. The van der Waals surface area contributed by atoms with E-state index in [1.165, 1.54) is 6.92 Å². The summed E-state index contributed by atoms with van der Waals surface area (Å²) in [6.45, 7) is 10.5. The predicted molar refractivity (Wildman–Crippen MR) is 96.8 cm³/mol. The number of esters is 1. The lowest BCUT2D eigenvalue weighted by molar-refractivity contribution is -0.161. The number of allylic oxidation sites excluding steroid dienone is 3. The number of carbonyl (C=O) groups is 2. The number of carbonyl (C=O) groups excluding carboxylic acids is 2. The Morgan fingerprint density at radius 2 is 2.00 bits per heavy atom. The van der Waals surface area contributed by atoms with Crippen LogP contribution in [-0.4, -0.2) is 40.3 Å². The molecule has 0 radical (unpaired) electrons. The average Bonchev–Trinajstić information content (AvgIpc) is 2.56. The number of rotatable bonds is 2. The lowest BCUT2D eigenvalue weighted by Crippen LogP contribution is -2.47. The van der Waals surface area contributed by atoms with Crippen molar-refractivity contribution in [3.63, 3.8) is 0 Å². The van der Waals surface area contributed by atoms with Crippen molar-refractivity contribution in [1.29, 1.82) is 0 Å². The fourth-order valence-electron chi connectivity index (χ4n) is 2.94. The van der Waals surface area contributed by atoms with E-state index in [1.54, 1.807) is 6.08 Å². The van der Waals surface area contributed by atoms with E-state index in [9.17, 15) is 19.8 Å². The van der Waals surface area contributed by atoms with Crippen molar-refractivity contribution < 1.29 is 24.5 Å². The number of cyclic esters (lactones) is 1. The molecule has 5 nitrogen and oxygen atoms in total. The van der Waals surface area contributed by atoms with Crippen LogP contribution >= 0.6 is 0 Å². The second kappa shape index (κ2) is 9.11. The summed E-state index contributed by atoms with van der Waals surface area (Å²) in [5.74, 6) is -2.42. The zero-order valence-corrected chi connectivity index (χ0v) is 15.6. The standard InChI is InChI=1S/C20H30O5/c1-6-17-15(4)11-14(3)10-13(2)8-7-9-20(24,12-21)18(22)16(5)19(23)25-17/h7-8,11,13,16-17,21,24H,3,6,9-10,12H2,1-2,4-5H3/b8-7+,15-11+/t13-,16-,17+,20?/m1/s1. The molecule has 5 heteroatoms. The van der Waals surface area contributed by atoms with Crippen molar-refractivity contribution in [1.82, 2.24) is 0 Å². The van der Waals surface area contributed by atoms with Crippen LogP contribution in [-0.2, 0) is 14.3 Å². The normalized spacial score (nSPS) is 36.2. The first-order valence-corrected chi connectivity index (χ1v) is 8.75. The van der Waals surface area contributed by atoms with Crippen LogP contribution in [0.2, 0.25) is 0 Å². The van der Waals surface area contributed by atoms with E-state index < -0.39 is 36.0 Å². The maximum atomic E-state index is 12.5. The molecule has 0 spiro atoms. The summed E-state index contributed by atoms with van der Waals surface area (Å²) in [7, 11) is 0. The van der Waals surface area contributed by atoms with Crippen molar-refractivity contribution in [3.05, 3.63) is 36.0 Å². The van der Waals surface area contributed by atoms with Crippen LogP contribution in [0.3, 0.4) is 0 Å². The fraction of sp³-hybridized carbons (Fsp3) is 0.600. The summed E-state index contributed by atoms with van der Waals surface area (Å²) in [6.07, 6.45) is 6.25. The lowest BCUT2D eigenvalue weighted by Gasteiger charge is -2.27. The number of ketones is 1. The number of Topliss-reactive ketones (excluding diaryl/α,β-unsaturated/α-hetero) is 1. The van der Waals surface area contributed by atoms with Crippen molar-refractivity contribution in [2.24, 2.45) is 11.8 Å². The summed E-state index contributed by atoms with van der Waals surface area (Å²) >= 11 is 0. The Morgan fingerprint density at radius 1 is 1.36 bits per heavy atom. The molecule has 140 valence electrons. The van der Waals surface area contributed by atoms with Gasteiger partial charge < -0.3 is 14.9 Å². The summed E-state index contributed by atoms with van der Waals surface area (Å²) in [6, 6.07) is 0. The largest absolute Gasteiger partial charge is 0.457 e. The van der Waals surface area contributed by atoms with Gasteiger partial charge >= 0.3 is 5.97 Å². The first-order valence-electron chi connectivity index (χ1n) is 8.75. The Labute approximate surface area is 150 Å². The maximum Gasteiger partial charge on any atom is 0.316 e. The van der Waals surface area contributed by atoms with Gasteiger partial charge in [0.25, 0.3) is 0 Å². The molecule has 1 heterocycles. The molecule has 2 N–H and O–H groups in total. The van der Waals surface area contributed by atoms with Crippen molar-refractivity contribution in [3.8, 4) is 0 Å². The molecule has 0 aromatic heterocycles. The van der Waals surface area contributed by atoms with E-state index in [-0.39, 0.29) is 12.3 Å². The molecule has 0 aromatic carbocycles. The molecule has 1 unspecified atom stereocenters. The quantitative estimate of drug-likeness (QED) is 0.454. The molecule has 1 rings (SSSR count). The monoisotopic (exact) mass is 350 g/mol. The number of aliphatic hydroxyl groups excluding tert-OH is 1. The summed E-state index contributed by atoms with van der Waals surface area (Å²) in [5.41, 5.74) is -0.198. The third-order valence-electron chi connectivity index (χ3n) is 4.54. The molecular formula is C20H30O5. The van der Waals surface area contributed by atoms with Gasteiger partial charge in [-0.2, -0.15) is 0 Å².